The highest BCUT2D eigenvalue weighted by Gasteiger charge is 2.41. The van der Waals surface area contributed by atoms with Gasteiger partial charge >= 0.3 is 0 Å². The molecule has 5 rings (SSSR count). The summed E-state index contributed by atoms with van der Waals surface area (Å²) in [5.74, 6) is 0.998. The molecule has 0 aliphatic carbocycles. The molecule has 5 nitrogen and oxygen atoms in total. The van der Waals surface area contributed by atoms with Gasteiger partial charge in [0.1, 0.15) is 5.75 Å². The number of aromatic nitrogens is 1. The summed E-state index contributed by atoms with van der Waals surface area (Å²) in [5.41, 5.74) is 4.14. The van der Waals surface area contributed by atoms with E-state index in [1.54, 1.807) is 7.11 Å². The van der Waals surface area contributed by atoms with Crippen LogP contribution in [0.3, 0.4) is 0 Å². The number of ether oxygens (including phenoxy) is 2. The van der Waals surface area contributed by atoms with Crippen molar-refractivity contribution < 1.29 is 14.3 Å². The molecule has 2 aliphatic rings. The number of aryl methyl sites for hydroxylation is 1. The zero-order valence-corrected chi connectivity index (χ0v) is 17.0. The molecule has 0 atom stereocenters. The van der Waals surface area contributed by atoms with Crippen molar-refractivity contribution in [3.8, 4) is 5.75 Å². The Labute approximate surface area is 170 Å². The van der Waals surface area contributed by atoms with E-state index in [4.69, 9.17) is 9.47 Å². The van der Waals surface area contributed by atoms with Gasteiger partial charge in [0, 0.05) is 37.4 Å². The predicted molar refractivity (Wildman–Crippen MR) is 112 cm³/mol. The van der Waals surface area contributed by atoms with Crippen LogP contribution >= 0.6 is 0 Å². The number of hydrogen-bond donors (Lipinski definition) is 0. The molecule has 1 saturated heterocycles. The molecule has 0 saturated carbocycles. The van der Waals surface area contributed by atoms with Gasteiger partial charge in [-0.2, -0.15) is 0 Å². The molecule has 2 aliphatic heterocycles. The highest BCUT2D eigenvalue weighted by molar-refractivity contribution is 5.98. The first kappa shape index (κ1) is 18.3. The highest BCUT2D eigenvalue weighted by Crippen LogP contribution is 2.42. The number of amides is 1. The first-order chi connectivity index (χ1) is 14.1. The van der Waals surface area contributed by atoms with E-state index in [0.717, 1.165) is 48.1 Å². The zero-order valence-electron chi connectivity index (χ0n) is 17.0. The third-order valence-electron chi connectivity index (χ3n) is 6.55. The molecule has 3 aromatic rings. The van der Waals surface area contributed by atoms with Crippen molar-refractivity contribution in [3.63, 3.8) is 0 Å². The van der Waals surface area contributed by atoms with Gasteiger partial charge in [-0.05, 0) is 66.1 Å². The molecule has 0 unspecified atom stereocenters. The Morgan fingerprint density at radius 1 is 1.10 bits per heavy atom. The molecule has 1 amide bonds. The number of hydrogen-bond acceptors (Lipinski definition) is 3. The van der Waals surface area contributed by atoms with Crippen LogP contribution in [0.15, 0.2) is 48.7 Å². The number of nitrogens with zero attached hydrogens (tertiary/aromatic N) is 2. The number of rotatable bonds is 2. The molecule has 0 bridgehead atoms. The number of carbonyl (C=O) groups is 1. The molecule has 0 radical (unpaired) electrons. The van der Waals surface area contributed by atoms with Crippen LogP contribution < -0.4 is 4.74 Å². The topological polar surface area (TPSA) is 43.7 Å². The number of piperidine rings is 1. The van der Waals surface area contributed by atoms with Crippen LogP contribution in [0.4, 0.5) is 0 Å². The monoisotopic (exact) mass is 390 g/mol. The summed E-state index contributed by atoms with van der Waals surface area (Å²) in [7, 11) is 3.71. The van der Waals surface area contributed by atoms with E-state index in [2.05, 4.69) is 22.8 Å². The second-order valence-corrected chi connectivity index (χ2v) is 8.11. The lowest BCUT2D eigenvalue weighted by molar-refractivity contribution is -0.0935. The zero-order chi connectivity index (χ0) is 20.0. The minimum Gasteiger partial charge on any atom is -0.497 e. The standard InChI is InChI=1S/C24H26N2O3/c1-25-11-7-17-3-4-19(16-22(17)25)23(27)26-12-9-24(10-13-26)21-6-5-20(28-2)15-18(21)8-14-29-24/h3-7,11,15-16H,8-10,12-14H2,1-2H3. The molecule has 29 heavy (non-hydrogen) atoms. The van der Waals surface area contributed by atoms with E-state index in [-0.39, 0.29) is 11.5 Å². The van der Waals surface area contributed by atoms with Crippen molar-refractivity contribution in [3.05, 3.63) is 65.4 Å². The summed E-state index contributed by atoms with van der Waals surface area (Å²) in [6.07, 6.45) is 4.58. The fourth-order valence-electron chi connectivity index (χ4n) is 4.85. The van der Waals surface area contributed by atoms with Crippen molar-refractivity contribution in [2.24, 2.45) is 7.05 Å². The van der Waals surface area contributed by atoms with E-state index < -0.39 is 0 Å². The Balaban J connectivity index is 1.36. The van der Waals surface area contributed by atoms with Gasteiger partial charge in [0.2, 0.25) is 0 Å². The van der Waals surface area contributed by atoms with E-state index in [1.807, 2.05) is 42.4 Å². The van der Waals surface area contributed by atoms with Crippen LogP contribution in [0, 0.1) is 0 Å². The molecule has 1 spiro atoms. The quantitative estimate of drug-likeness (QED) is 0.667. The molecule has 5 heteroatoms. The average Bonchev–Trinajstić information content (AvgIpc) is 3.14. The van der Waals surface area contributed by atoms with Gasteiger partial charge < -0.3 is 18.9 Å². The van der Waals surface area contributed by atoms with Gasteiger partial charge in [0.15, 0.2) is 0 Å². The smallest absolute Gasteiger partial charge is 0.253 e. The van der Waals surface area contributed by atoms with Crippen LogP contribution in [0.1, 0.15) is 34.3 Å². The average molecular weight is 390 g/mol. The lowest BCUT2D eigenvalue weighted by Crippen LogP contribution is -2.48. The molecular formula is C24H26N2O3. The fourth-order valence-corrected chi connectivity index (χ4v) is 4.85. The summed E-state index contributed by atoms with van der Waals surface area (Å²) in [6, 6.07) is 14.3. The van der Waals surface area contributed by atoms with Crippen molar-refractivity contribution in [1.82, 2.24) is 9.47 Å². The second-order valence-electron chi connectivity index (χ2n) is 8.11. The van der Waals surface area contributed by atoms with E-state index in [1.165, 1.54) is 11.1 Å². The normalized spacial score (nSPS) is 18.1. The fraction of sp³-hybridized carbons (Fsp3) is 0.375. The molecule has 1 fully saturated rings. The predicted octanol–water partition coefficient (Wildman–Crippen LogP) is 3.89. The maximum Gasteiger partial charge on any atom is 0.253 e. The Morgan fingerprint density at radius 3 is 2.72 bits per heavy atom. The largest absolute Gasteiger partial charge is 0.497 e. The number of fused-ring (bicyclic) bond motifs is 3. The molecular weight excluding hydrogens is 364 g/mol. The highest BCUT2D eigenvalue weighted by atomic mass is 16.5. The van der Waals surface area contributed by atoms with Crippen molar-refractivity contribution in [2.45, 2.75) is 24.9 Å². The Kier molecular flexibility index (Phi) is 4.36. The third-order valence-corrected chi connectivity index (χ3v) is 6.55. The Hall–Kier alpha value is -2.79. The summed E-state index contributed by atoms with van der Waals surface area (Å²) < 4.78 is 13.8. The first-order valence-corrected chi connectivity index (χ1v) is 10.3. The molecule has 2 aromatic carbocycles. The maximum absolute atomic E-state index is 13.1. The number of carbonyl (C=O) groups excluding carboxylic acids is 1. The second kappa shape index (κ2) is 6.92. The van der Waals surface area contributed by atoms with E-state index in [9.17, 15) is 4.79 Å². The lowest BCUT2D eigenvalue weighted by Gasteiger charge is -2.45. The maximum atomic E-state index is 13.1. The van der Waals surface area contributed by atoms with E-state index in [0.29, 0.717) is 13.1 Å². The Bertz CT molecular complexity index is 1080. The minimum atomic E-state index is -0.279. The molecule has 1 aromatic heterocycles. The van der Waals surface area contributed by atoms with Crippen LogP contribution in [-0.2, 0) is 23.8 Å². The van der Waals surface area contributed by atoms with Crippen molar-refractivity contribution >= 4 is 16.8 Å². The number of benzene rings is 2. The summed E-state index contributed by atoms with van der Waals surface area (Å²) in [4.78, 5) is 15.1. The summed E-state index contributed by atoms with van der Waals surface area (Å²) in [6.45, 7) is 2.13. The van der Waals surface area contributed by atoms with Gasteiger partial charge in [-0.25, -0.2) is 0 Å². The summed E-state index contributed by atoms with van der Waals surface area (Å²) >= 11 is 0. The van der Waals surface area contributed by atoms with Crippen LogP contribution in [0.25, 0.3) is 10.9 Å². The van der Waals surface area contributed by atoms with Gasteiger partial charge in [-0.15, -0.1) is 0 Å². The van der Waals surface area contributed by atoms with Gasteiger partial charge in [0.25, 0.3) is 5.91 Å². The SMILES string of the molecule is COc1ccc2c(c1)CCOC21CCN(C(=O)c2ccc3ccn(C)c3c2)CC1. The molecule has 0 N–H and O–H groups in total. The van der Waals surface area contributed by atoms with Crippen LogP contribution in [0.5, 0.6) is 5.75 Å². The number of methoxy groups -OCH3 is 1. The number of likely N-dealkylation sites (tertiary alicyclic amines) is 1. The first-order valence-electron chi connectivity index (χ1n) is 10.3. The van der Waals surface area contributed by atoms with Gasteiger partial charge in [0.05, 0.1) is 19.3 Å². The van der Waals surface area contributed by atoms with Gasteiger partial charge in [-0.1, -0.05) is 12.1 Å². The van der Waals surface area contributed by atoms with E-state index >= 15 is 0 Å². The third kappa shape index (κ3) is 3.01. The minimum absolute atomic E-state index is 0.105. The van der Waals surface area contributed by atoms with Crippen molar-refractivity contribution in [1.29, 1.82) is 0 Å². The lowest BCUT2D eigenvalue weighted by atomic mass is 9.79. The van der Waals surface area contributed by atoms with Crippen LogP contribution in [-0.4, -0.2) is 42.2 Å². The van der Waals surface area contributed by atoms with Gasteiger partial charge in [-0.3, -0.25) is 4.79 Å². The Morgan fingerprint density at radius 2 is 1.93 bits per heavy atom. The molecule has 3 heterocycles. The summed E-state index contributed by atoms with van der Waals surface area (Å²) in [5, 5.41) is 1.16. The molecule has 150 valence electrons. The van der Waals surface area contributed by atoms with Crippen molar-refractivity contribution in [2.75, 3.05) is 26.8 Å². The van der Waals surface area contributed by atoms with Crippen LogP contribution in [0.2, 0.25) is 0 Å².